The zero-order valence-electron chi connectivity index (χ0n) is 17.2. The number of aliphatic hydroxyl groups is 1. The first-order valence-electron chi connectivity index (χ1n) is 10.2. The van der Waals surface area contributed by atoms with Crippen molar-refractivity contribution < 1.29 is 19.4 Å². The molecule has 2 heterocycles. The van der Waals surface area contributed by atoms with Crippen molar-refractivity contribution in [2.45, 2.75) is 30.8 Å². The van der Waals surface area contributed by atoms with Gasteiger partial charge in [0.1, 0.15) is 5.75 Å². The third-order valence-electron chi connectivity index (χ3n) is 6.23. The normalized spacial score (nSPS) is 21.6. The number of hydrogen-bond acceptors (Lipinski definition) is 4. The highest BCUT2D eigenvalue weighted by Gasteiger charge is 2.67. The van der Waals surface area contributed by atoms with Crippen LogP contribution in [-0.2, 0) is 4.79 Å². The Hall–Kier alpha value is -3.06. The van der Waals surface area contributed by atoms with Crippen LogP contribution in [0.25, 0.3) is 0 Å². The topological polar surface area (TPSA) is 82.1 Å². The van der Waals surface area contributed by atoms with Crippen molar-refractivity contribution in [1.82, 2.24) is 9.80 Å². The molecule has 2 aliphatic heterocycles. The third kappa shape index (κ3) is 3.19. The van der Waals surface area contributed by atoms with Gasteiger partial charge in [0.05, 0.1) is 25.3 Å². The second-order valence-electron chi connectivity index (χ2n) is 7.88. The van der Waals surface area contributed by atoms with E-state index in [1.807, 2.05) is 49.4 Å². The van der Waals surface area contributed by atoms with E-state index in [1.54, 1.807) is 29.0 Å². The van der Waals surface area contributed by atoms with Crippen LogP contribution < -0.4 is 10.1 Å². The summed E-state index contributed by atoms with van der Waals surface area (Å²) in [7, 11) is 1.58. The first-order chi connectivity index (χ1) is 14.5. The smallest absolute Gasteiger partial charge is 0.322 e. The number of anilines is 1. The first kappa shape index (κ1) is 20.2. The SMILES string of the molecule is CCC(=O)N1[C@H](CO)[C@H](c2ccccc2)C12CN(C(=O)Nc1cccc(OC)c1)C2. The van der Waals surface area contributed by atoms with Gasteiger partial charge >= 0.3 is 6.03 Å². The standard InChI is InChI=1S/C23H27N3O4/c1-3-20(28)26-19(13-27)21(16-8-5-4-6-9-16)23(26)14-25(15-23)22(29)24-17-10-7-11-18(12-17)30-2/h4-12,19,21,27H,3,13-15H2,1-2H3,(H,24,29)/t19-,21+/m1/s1. The number of nitrogens with zero attached hydrogens (tertiary/aromatic N) is 2. The summed E-state index contributed by atoms with van der Waals surface area (Å²) in [5.41, 5.74) is 1.28. The molecule has 2 aromatic carbocycles. The van der Waals surface area contributed by atoms with Gasteiger partial charge in [-0.3, -0.25) is 4.79 Å². The molecule has 7 nitrogen and oxygen atoms in total. The van der Waals surface area contributed by atoms with Crippen LogP contribution in [0.5, 0.6) is 5.75 Å². The summed E-state index contributed by atoms with van der Waals surface area (Å²) >= 11 is 0. The minimum atomic E-state index is -0.465. The number of carbonyl (C=O) groups is 2. The largest absolute Gasteiger partial charge is 0.497 e. The summed E-state index contributed by atoms with van der Waals surface area (Å²) in [6, 6.07) is 16.7. The van der Waals surface area contributed by atoms with E-state index in [2.05, 4.69) is 5.32 Å². The molecule has 2 fully saturated rings. The Morgan fingerprint density at radius 2 is 1.90 bits per heavy atom. The molecular weight excluding hydrogens is 382 g/mol. The van der Waals surface area contributed by atoms with Gasteiger partial charge in [0.25, 0.3) is 0 Å². The van der Waals surface area contributed by atoms with Gasteiger partial charge in [0.2, 0.25) is 5.91 Å². The number of amides is 3. The van der Waals surface area contributed by atoms with E-state index < -0.39 is 5.54 Å². The second kappa shape index (κ2) is 7.99. The summed E-state index contributed by atoms with van der Waals surface area (Å²) in [6.07, 6.45) is 0.371. The maximum absolute atomic E-state index is 12.8. The molecule has 0 bridgehead atoms. The molecule has 30 heavy (non-hydrogen) atoms. The Labute approximate surface area is 176 Å². The Kier molecular flexibility index (Phi) is 5.39. The highest BCUT2D eigenvalue weighted by molar-refractivity contribution is 5.91. The minimum Gasteiger partial charge on any atom is -0.497 e. The molecule has 4 rings (SSSR count). The molecule has 2 aliphatic rings. The van der Waals surface area contributed by atoms with Crippen LogP contribution in [0.4, 0.5) is 10.5 Å². The molecule has 2 N–H and O–H groups in total. The van der Waals surface area contributed by atoms with Crippen molar-refractivity contribution in [3.8, 4) is 5.75 Å². The third-order valence-corrected chi connectivity index (χ3v) is 6.23. The predicted molar refractivity (Wildman–Crippen MR) is 114 cm³/mol. The van der Waals surface area contributed by atoms with Gasteiger partial charge in [-0.05, 0) is 17.7 Å². The van der Waals surface area contributed by atoms with Gasteiger partial charge < -0.3 is 25.0 Å². The average Bonchev–Trinajstić information content (AvgIpc) is 2.73. The number of urea groups is 1. The summed E-state index contributed by atoms with van der Waals surface area (Å²) in [5.74, 6) is 0.677. The number of hydrogen-bond donors (Lipinski definition) is 2. The van der Waals surface area contributed by atoms with Crippen LogP contribution in [0.1, 0.15) is 24.8 Å². The molecule has 2 saturated heterocycles. The molecule has 3 amide bonds. The van der Waals surface area contributed by atoms with E-state index in [0.29, 0.717) is 30.9 Å². The number of likely N-dealkylation sites (tertiary alicyclic amines) is 2. The van der Waals surface area contributed by atoms with E-state index in [4.69, 9.17) is 4.74 Å². The Balaban J connectivity index is 1.53. The fourth-order valence-corrected chi connectivity index (χ4v) is 4.90. The van der Waals surface area contributed by atoms with Gasteiger partial charge in [-0.15, -0.1) is 0 Å². The van der Waals surface area contributed by atoms with Crippen LogP contribution in [0.3, 0.4) is 0 Å². The second-order valence-corrected chi connectivity index (χ2v) is 7.88. The summed E-state index contributed by atoms with van der Waals surface area (Å²) in [5, 5.41) is 12.9. The molecule has 158 valence electrons. The van der Waals surface area contributed by atoms with Crippen LogP contribution >= 0.6 is 0 Å². The Bertz CT molecular complexity index is 927. The predicted octanol–water partition coefficient (Wildman–Crippen LogP) is 2.68. The molecule has 1 spiro atoms. The molecule has 0 radical (unpaired) electrons. The Morgan fingerprint density at radius 1 is 1.17 bits per heavy atom. The number of nitrogens with one attached hydrogen (secondary N) is 1. The van der Waals surface area contributed by atoms with Gasteiger partial charge in [-0.25, -0.2) is 4.79 Å². The lowest BCUT2D eigenvalue weighted by atomic mass is 9.60. The maximum atomic E-state index is 12.8. The Morgan fingerprint density at radius 3 is 2.53 bits per heavy atom. The van der Waals surface area contributed by atoms with Gasteiger partial charge in [-0.1, -0.05) is 43.3 Å². The lowest BCUT2D eigenvalue weighted by Crippen LogP contribution is -2.86. The number of rotatable bonds is 5. The van der Waals surface area contributed by atoms with Crippen molar-refractivity contribution in [2.75, 3.05) is 32.1 Å². The summed E-state index contributed by atoms with van der Waals surface area (Å²) in [6.45, 7) is 2.60. The van der Waals surface area contributed by atoms with Crippen molar-refractivity contribution in [3.63, 3.8) is 0 Å². The average molecular weight is 409 g/mol. The highest BCUT2D eigenvalue weighted by Crippen LogP contribution is 2.54. The molecule has 2 atom stereocenters. The summed E-state index contributed by atoms with van der Waals surface area (Å²) in [4.78, 5) is 29.0. The maximum Gasteiger partial charge on any atom is 0.322 e. The van der Waals surface area contributed by atoms with Crippen LogP contribution in [0, 0.1) is 0 Å². The lowest BCUT2D eigenvalue weighted by Gasteiger charge is -2.70. The van der Waals surface area contributed by atoms with Crippen LogP contribution in [-0.4, -0.2) is 65.2 Å². The number of aliphatic hydroxyl groups excluding tert-OH is 1. The fraction of sp³-hybridized carbons (Fsp3) is 0.391. The molecule has 0 saturated carbocycles. The first-order valence-corrected chi connectivity index (χ1v) is 10.2. The van der Waals surface area contributed by atoms with Gasteiger partial charge in [0.15, 0.2) is 0 Å². The van der Waals surface area contributed by atoms with E-state index in [1.165, 1.54) is 0 Å². The molecule has 0 unspecified atom stereocenters. The number of carbonyl (C=O) groups excluding carboxylic acids is 2. The number of methoxy groups -OCH3 is 1. The van der Waals surface area contributed by atoms with Crippen molar-refractivity contribution >= 4 is 17.6 Å². The van der Waals surface area contributed by atoms with Crippen molar-refractivity contribution in [2.24, 2.45) is 0 Å². The zero-order valence-corrected chi connectivity index (χ0v) is 17.2. The molecule has 0 aliphatic carbocycles. The zero-order chi connectivity index (χ0) is 21.3. The van der Waals surface area contributed by atoms with E-state index in [-0.39, 0.29) is 30.5 Å². The quantitative estimate of drug-likeness (QED) is 0.796. The minimum absolute atomic E-state index is 0.0000642. The van der Waals surface area contributed by atoms with Gasteiger partial charge in [-0.2, -0.15) is 0 Å². The van der Waals surface area contributed by atoms with Crippen LogP contribution in [0.2, 0.25) is 0 Å². The lowest BCUT2D eigenvalue weighted by molar-refractivity contribution is -0.192. The van der Waals surface area contributed by atoms with E-state index in [9.17, 15) is 14.7 Å². The number of ether oxygens (including phenoxy) is 1. The fourth-order valence-electron chi connectivity index (χ4n) is 4.90. The van der Waals surface area contributed by atoms with E-state index >= 15 is 0 Å². The van der Waals surface area contributed by atoms with E-state index in [0.717, 1.165) is 5.56 Å². The monoisotopic (exact) mass is 409 g/mol. The highest BCUT2D eigenvalue weighted by atomic mass is 16.5. The van der Waals surface area contributed by atoms with Gasteiger partial charge in [0, 0.05) is 37.2 Å². The molecular formula is C23H27N3O4. The summed E-state index contributed by atoms with van der Waals surface area (Å²) < 4.78 is 5.20. The van der Waals surface area contributed by atoms with Crippen molar-refractivity contribution in [1.29, 1.82) is 0 Å². The van der Waals surface area contributed by atoms with Crippen LogP contribution in [0.15, 0.2) is 54.6 Å². The molecule has 7 heteroatoms. The van der Waals surface area contributed by atoms with Crippen molar-refractivity contribution in [3.05, 3.63) is 60.2 Å². The molecule has 0 aromatic heterocycles. The number of benzene rings is 2. The molecule has 2 aromatic rings.